The summed E-state index contributed by atoms with van der Waals surface area (Å²) in [6.07, 6.45) is 6.37. The molecule has 0 spiro atoms. The van der Waals surface area contributed by atoms with Crippen LogP contribution in [0.2, 0.25) is 0 Å². The van der Waals surface area contributed by atoms with Gasteiger partial charge < -0.3 is 10.2 Å². The van der Waals surface area contributed by atoms with Crippen LogP contribution in [0.4, 0.5) is 15.9 Å². The molecule has 2 aromatic heterocycles. The molecule has 1 aliphatic heterocycles. The number of carbonyl (C=O) groups is 1. The molecule has 0 unspecified atom stereocenters. The Kier molecular flexibility index (Phi) is 5.03. The van der Waals surface area contributed by atoms with Gasteiger partial charge in [0.2, 0.25) is 0 Å². The average Bonchev–Trinajstić information content (AvgIpc) is 2.83. The minimum atomic E-state index is -0.379. The molecule has 0 atom stereocenters. The Morgan fingerprint density at radius 3 is 2.70 bits per heavy atom. The summed E-state index contributed by atoms with van der Waals surface area (Å²) in [4.78, 5) is 25.4. The maximum absolute atomic E-state index is 13.4. The van der Waals surface area contributed by atoms with Gasteiger partial charge in [0.05, 0.1) is 10.3 Å². The molecule has 5 nitrogen and oxygen atoms in total. The minimum absolute atomic E-state index is 0.247. The Labute approximate surface area is 161 Å². The summed E-state index contributed by atoms with van der Waals surface area (Å²) < 4.78 is 13.4. The number of benzene rings is 1. The van der Waals surface area contributed by atoms with Gasteiger partial charge in [0.1, 0.15) is 22.8 Å². The fraction of sp³-hybridized carbons (Fsp3) is 0.350. The van der Waals surface area contributed by atoms with E-state index in [1.54, 1.807) is 18.5 Å². The van der Waals surface area contributed by atoms with Crippen LogP contribution >= 0.6 is 11.3 Å². The summed E-state index contributed by atoms with van der Waals surface area (Å²) in [7, 11) is 0. The monoisotopic (exact) mass is 384 g/mol. The van der Waals surface area contributed by atoms with Gasteiger partial charge in [0, 0.05) is 18.8 Å². The van der Waals surface area contributed by atoms with E-state index in [9.17, 15) is 9.18 Å². The van der Waals surface area contributed by atoms with Crippen molar-refractivity contribution >= 4 is 39.0 Å². The second-order valence-electron chi connectivity index (χ2n) is 6.80. The summed E-state index contributed by atoms with van der Waals surface area (Å²) in [6, 6.07) is 5.91. The lowest BCUT2D eigenvalue weighted by Crippen LogP contribution is -2.25. The molecule has 7 heteroatoms. The molecule has 3 aromatic rings. The Morgan fingerprint density at radius 1 is 1.19 bits per heavy atom. The topological polar surface area (TPSA) is 58.1 Å². The minimum Gasteiger partial charge on any atom is -0.356 e. The molecule has 0 radical (unpaired) electrons. The number of nitrogens with one attached hydrogen (secondary N) is 1. The highest BCUT2D eigenvalue weighted by Gasteiger charge is 2.22. The van der Waals surface area contributed by atoms with Crippen molar-refractivity contribution in [3.63, 3.8) is 0 Å². The van der Waals surface area contributed by atoms with E-state index < -0.39 is 0 Å². The van der Waals surface area contributed by atoms with Gasteiger partial charge in [0.15, 0.2) is 0 Å². The first-order valence-corrected chi connectivity index (χ1v) is 10.0. The smallest absolute Gasteiger partial charge is 0.266 e. The lowest BCUT2D eigenvalue weighted by Gasteiger charge is -2.22. The van der Waals surface area contributed by atoms with Crippen molar-refractivity contribution in [1.82, 2.24) is 9.97 Å². The summed E-state index contributed by atoms with van der Waals surface area (Å²) >= 11 is 1.36. The van der Waals surface area contributed by atoms with Gasteiger partial charge in [0.25, 0.3) is 5.91 Å². The maximum Gasteiger partial charge on any atom is 0.266 e. The molecule has 3 heterocycles. The van der Waals surface area contributed by atoms with Crippen LogP contribution in [0, 0.1) is 12.7 Å². The Hall–Kier alpha value is -2.54. The second-order valence-corrected chi connectivity index (χ2v) is 7.80. The highest BCUT2D eigenvalue weighted by Crippen LogP contribution is 2.36. The van der Waals surface area contributed by atoms with E-state index in [0.29, 0.717) is 10.6 Å². The van der Waals surface area contributed by atoms with Crippen molar-refractivity contribution in [2.24, 2.45) is 0 Å². The summed E-state index contributed by atoms with van der Waals surface area (Å²) in [5.74, 6) is 0.290. The maximum atomic E-state index is 13.4. The first-order chi connectivity index (χ1) is 13.1. The number of aryl methyl sites for hydroxylation is 1. The van der Waals surface area contributed by atoms with Crippen LogP contribution in [-0.4, -0.2) is 29.0 Å². The Morgan fingerprint density at radius 2 is 1.96 bits per heavy atom. The molecular weight excluding hydrogens is 363 g/mol. The molecule has 1 aliphatic rings. The fourth-order valence-corrected chi connectivity index (χ4v) is 4.58. The van der Waals surface area contributed by atoms with E-state index in [1.807, 2.05) is 6.92 Å². The third-order valence-electron chi connectivity index (χ3n) is 4.90. The van der Waals surface area contributed by atoms with Gasteiger partial charge in [-0.05, 0) is 43.5 Å². The van der Waals surface area contributed by atoms with Crippen LogP contribution < -0.4 is 10.2 Å². The number of thiophene rings is 1. The molecule has 27 heavy (non-hydrogen) atoms. The van der Waals surface area contributed by atoms with Gasteiger partial charge in [-0.2, -0.15) is 0 Å². The third-order valence-corrected chi connectivity index (χ3v) is 6.10. The molecule has 0 saturated carbocycles. The molecule has 4 rings (SSSR count). The zero-order chi connectivity index (χ0) is 18.8. The number of fused-ring (bicyclic) bond motifs is 1. The molecule has 140 valence electrons. The van der Waals surface area contributed by atoms with Gasteiger partial charge in [-0.25, -0.2) is 14.4 Å². The highest BCUT2D eigenvalue weighted by atomic mass is 32.1. The normalized spacial score (nSPS) is 15.0. The van der Waals surface area contributed by atoms with Crippen molar-refractivity contribution < 1.29 is 9.18 Å². The van der Waals surface area contributed by atoms with E-state index in [0.717, 1.165) is 47.5 Å². The van der Waals surface area contributed by atoms with E-state index in [4.69, 9.17) is 0 Å². The van der Waals surface area contributed by atoms with Crippen LogP contribution in [0.1, 0.15) is 40.9 Å². The number of hydrogen-bond donors (Lipinski definition) is 1. The first kappa shape index (κ1) is 17.9. The van der Waals surface area contributed by atoms with E-state index in [1.165, 1.54) is 36.3 Å². The average molecular weight is 384 g/mol. The van der Waals surface area contributed by atoms with Gasteiger partial charge >= 0.3 is 0 Å². The molecule has 1 amide bonds. The standard InChI is InChI=1S/C20H21FN4OS/c1-13-16-18(25-9-4-2-3-5-10-25)22-12-23-20(16)27-17(13)19(26)24-15-8-6-7-14(21)11-15/h6-8,11-12H,2-5,9-10H2,1H3,(H,24,26). The number of amides is 1. The SMILES string of the molecule is Cc1c(C(=O)Nc2cccc(F)c2)sc2ncnc(N3CCCCCC3)c12. The number of carbonyl (C=O) groups excluding carboxylic acids is 1. The molecular formula is C20H21FN4OS. The highest BCUT2D eigenvalue weighted by molar-refractivity contribution is 7.20. The van der Waals surface area contributed by atoms with Crippen molar-refractivity contribution in [3.8, 4) is 0 Å². The second kappa shape index (κ2) is 7.60. The molecule has 1 saturated heterocycles. The number of aromatic nitrogens is 2. The Balaban J connectivity index is 1.69. The van der Waals surface area contributed by atoms with Gasteiger partial charge in [-0.3, -0.25) is 4.79 Å². The van der Waals surface area contributed by atoms with E-state index >= 15 is 0 Å². The van der Waals surface area contributed by atoms with Gasteiger partial charge in [-0.1, -0.05) is 18.9 Å². The predicted octanol–water partition coefficient (Wildman–Crippen LogP) is 4.77. The summed E-state index contributed by atoms with van der Waals surface area (Å²) in [5, 5.41) is 3.73. The lowest BCUT2D eigenvalue weighted by atomic mass is 10.1. The largest absolute Gasteiger partial charge is 0.356 e. The lowest BCUT2D eigenvalue weighted by molar-refractivity contribution is 0.103. The number of nitrogens with zero attached hydrogens (tertiary/aromatic N) is 3. The van der Waals surface area contributed by atoms with Crippen molar-refractivity contribution in [1.29, 1.82) is 0 Å². The predicted molar refractivity (Wildman–Crippen MR) is 107 cm³/mol. The van der Waals surface area contributed by atoms with Crippen LogP contribution in [0.3, 0.4) is 0 Å². The molecule has 1 fully saturated rings. The molecule has 1 aromatic carbocycles. The number of anilines is 2. The molecule has 0 bridgehead atoms. The third kappa shape index (κ3) is 3.64. The zero-order valence-electron chi connectivity index (χ0n) is 15.2. The van der Waals surface area contributed by atoms with Crippen molar-refractivity contribution in [2.45, 2.75) is 32.6 Å². The van der Waals surface area contributed by atoms with Crippen molar-refractivity contribution in [2.75, 3.05) is 23.3 Å². The van der Waals surface area contributed by atoms with E-state index in [2.05, 4.69) is 20.2 Å². The quantitative estimate of drug-likeness (QED) is 0.707. The van der Waals surface area contributed by atoms with Crippen LogP contribution in [0.25, 0.3) is 10.2 Å². The first-order valence-electron chi connectivity index (χ1n) is 9.19. The number of hydrogen-bond acceptors (Lipinski definition) is 5. The van der Waals surface area contributed by atoms with Gasteiger partial charge in [-0.15, -0.1) is 11.3 Å². The van der Waals surface area contributed by atoms with Crippen LogP contribution in [0.15, 0.2) is 30.6 Å². The molecule has 1 N–H and O–H groups in total. The van der Waals surface area contributed by atoms with Crippen LogP contribution in [-0.2, 0) is 0 Å². The van der Waals surface area contributed by atoms with E-state index in [-0.39, 0.29) is 11.7 Å². The number of rotatable bonds is 3. The zero-order valence-corrected chi connectivity index (χ0v) is 16.0. The fourth-order valence-electron chi connectivity index (χ4n) is 3.55. The number of halogens is 1. The summed E-state index contributed by atoms with van der Waals surface area (Å²) in [5.41, 5.74) is 1.32. The Bertz CT molecular complexity index is 979. The van der Waals surface area contributed by atoms with Crippen molar-refractivity contribution in [3.05, 3.63) is 46.9 Å². The molecule has 0 aliphatic carbocycles. The summed E-state index contributed by atoms with van der Waals surface area (Å²) in [6.45, 7) is 3.89. The van der Waals surface area contributed by atoms with Crippen LogP contribution in [0.5, 0.6) is 0 Å².